The molecule has 0 bridgehead atoms. The molecule has 1 aromatic carbocycles. The molecule has 0 aliphatic carbocycles. The van der Waals surface area contributed by atoms with Gasteiger partial charge in [-0.2, -0.15) is 0 Å². The lowest BCUT2D eigenvalue weighted by molar-refractivity contribution is -0.149. The molecule has 0 spiro atoms. The molecule has 4 heteroatoms. The molecule has 0 amide bonds. The van der Waals surface area contributed by atoms with Crippen molar-refractivity contribution >= 4 is 5.97 Å². The Balaban J connectivity index is 2.81. The van der Waals surface area contributed by atoms with Gasteiger partial charge in [0.2, 0.25) is 0 Å². The predicted octanol–water partition coefficient (Wildman–Crippen LogP) is 3.12. The quantitative estimate of drug-likeness (QED) is 0.785. The van der Waals surface area contributed by atoms with E-state index in [9.17, 15) is 4.79 Å². The normalized spacial score (nSPS) is 14.1. The van der Waals surface area contributed by atoms with Crippen LogP contribution in [0.4, 0.5) is 0 Å². The fraction of sp³-hybridized carbons (Fsp3) is 0.588. The van der Waals surface area contributed by atoms with Crippen molar-refractivity contribution in [2.75, 3.05) is 13.7 Å². The maximum atomic E-state index is 12.0. The number of carbonyl (C=O) groups is 1. The van der Waals surface area contributed by atoms with Gasteiger partial charge in [-0.1, -0.05) is 26.0 Å². The Hall–Kier alpha value is -1.55. The zero-order valence-electron chi connectivity index (χ0n) is 13.9. The molecule has 0 radical (unpaired) electrons. The van der Waals surface area contributed by atoms with Gasteiger partial charge in [0.1, 0.15) is 17.9 Å². The van der Waals surface area contributed by atoms with Gasteiger partial charge >= 0.3 is 5.97 Å². The Morgan fingerprint density at radius 2 is 1.95 bits per heavy atom. The summed E-state index contributed by atoms with van der Waals surface area (Å²) in [6.07, 6.45) is 0. The van der Waals surface area contributed by atoms with Crippen molar-refractivity contribution in [1.82, 2.24) is 5.32 Å². The average molecular weight is 293 g/mol. The van der Waals surface area contributed by atoms with Crippen LogP contribution in [0.5, 0.6) is 5.75 Å². The lowest BCUT2D eigenvalue weighted by Crippen LogP contribution is -2.56. The number of carbonyl (C=O) groups excluding carboxylic acids is 1. The van der Waals surface area contributed by atoms with Crippen molar-refractivity contribution in [3.63, 3.8) is 0 Å². The van der Waals surface area contributed by atoms with Gasteiger partial charge in [-0.3, -0.25) is 5.32 Å². The van der Waals surface area contributed by atoms with E-state index in [2.05, 4.69) is 25.2 Å². The topological polar surface area (TPSA) is 47.6 Å². The maximum Gasteiger partial charge on any atom is 0.329 e. The van der Waals surface area contributed by atoms with Crippen LogP contribution in [0.25, 0.3) is 0 Å². The summed E-state index contributed by atoms with van der Waals surface area (Å²) in [6.45, 7) is 10.3. The SMILES string of the molecule is COC(=O)C(C)(COc1cccc(C(C)C)c1)NC(C)C. The minimum atomic E-state index is -0.864. The van der Waals surface area contributed by atoms with E-state index in [1.807, 2.05) is 32.0 Å². The summed E-state index contributed by atoms with van der Waals surface area (Å²) in [6, 6.07) is 8.11. The van der Waals surface area contributed by atoms with E-state index in [1.54, 1.807) is 6.92 Å². The third-order valence-corrected chi connectivity index (χ3v) is 3.30. The molecule has 0 aromatic heterocycles. The molecular weight excluding hydrogens is 266 g/mol. The molecule has 0 heterocycles. The second-order valence-electron chi connectivity index (χ2n) is 6.14. The Morgan fingerprint density at radius 1 is 1.29 bits per heavy atom. The van der Waals surface area contributed by atoms with Gasteiger partial charge < -0.3 is 9.47 Å². The van der Waals surface area contributed by atoms with Crippen LogP contribution < -0.4 is 10.1 Å². The van der Waals surface area contributed by atoms with Crippen LogP contribution in [0.1, 0.15) is 46.1 Å². The van der Waals surface area contributed by atoms with E-state index in [0.29, 0.717) is 5.92 Å². The molecular formula is C17H27NO3. The summed E-state index contributed by atoms with van der Waals surface area (Å²) >= 11 is 0. The first-order chi connectivity index (χ1) is 9.78. The van der Waals surface area contributed by atoms with Gasteiger partial charge in [0.15, 0.2) is 0 Å². The first kappa shape index (κ1) is 17.5. The van der Waals surface area contributed by atoms with Crippen LogP contribution in [-0.2, 0) is 9.53 Å². The van der Waals surface area contributed by atoms with E-state index >= 15 is 0 Å². The Morgan fingerprint density at radius 3 is 2.48 bits per heavy atom. The molecule has 1 atom stereocenters. The molecule has 118 valence electrons. The highest BCUT2D eigenvalue weighted by molar-refractivity contribution is 5.80. The first-order valence-electron chi connectivity index (χ1n) is 7.37. The van der Waals surface area contributed by atoms with Crippen LogP contribution in [0.2, 0.25) is 0 Å². The zero-order valence-corrected chi connectivity index (χ0v) is 13.9. The number of hydrogen-bond donors (Lipinski definition) is 1. The smallest absolute Gasteiger partial charge is 0.329 e. The van der Waals surface area contributed by atoms with E-state index in [4.69, 9.17) is 9.47 Å². The van der Waals surface area contributed by atoms with Crippen LogP contribution in [0, 0.1) is 0 Å². The van der Waals surface area contributed by atoms with Crippen LogP contribution >= 0.6 is 0 Å². The van der Waals surface area contributed by atoms with E-state index in [0.717, 1.165) is 5.75 Å². The lowest BCUT2D eigenvalue weighted by atomic mass is 10.0. The summed E-state index contributed by atoms with van der Waals surface area (Å²) in [4.78, 5) is 12.0. The second kappa shape index (κ2) is 7.46. The molecule has 21 heavy (non-hydrogen) atoms. The van der Waals surface area contributed by atoms with Crippen molar-refractivity contribution in [3.05, 3.63) is 29.8 Å². The van der Waals surface area contributed by atoms with E-state index in [-0.39, 0.29) is 18.6 Å². The fourth-order valence-corrected chi connectivity index (χ4v) is 2.21. The third-order valence-electron chi connectivity index (χ3n) is 3.30. The first-order valence-corrected chi connectivity index (χ1v) is 7.37. The van der Waals surface area contributed by atoms with Gasteiger partial charge in [0.05, 0.1) is 7.11 Å². The van der Waals surface area contributed by atoms with Gasteiger partial charge in [0.25, 0.3) is 0 Å². The Bertz CT molecular complexity index is 471. The van der Waals surface area contributed by atoms with Crippen molar-refractivity contribution in [2.45, 2.75) is 52.1 Å². The second-order valence-corrected chi connectivity index (χ2v) is 6.14. The number of nitrogens with one attached hydrogen (secondary N) is 1. The minimum Gasteiger partial charge on any atom is -0.491 e. The monoisotopic (exact) mass is 293 g/mol. The summed E-state index contributed by atoms with van der Waals surface area (Å²) in [5.74, 6) is 0.882. The van der Waals surface area contributed by atoms with Crippen LogP contribution in [0.15, 0.2) is 24.3 Å². The molecule has 1 N–H and O–H groups in total. The van der Waals surface area contributed by atoms with Crippen molar-refractivity contribution in [2.24, 2.45) is 0 Å². The van der Waals surface area contributed by atoms with Gasteiger partial charge in [0, 0.05) is 6.04 Å². The lowest BCUT2D eigenvalue weighted by Gasteiger charge is -2.30. The molecule has 1 aromatic rings. The minimum absolute atomic E-state index is 0.152. The van der Waals surface area contributed by atoms with Crippen LogP contribution in [0.3, 0.4) is 0 Å². The van der Waals surface area contributed by atoms with Gasteiger partial charge in [-0.15, -0.1) is 0 Å². The Kier molecular flexibility index (Phi) is 6.21. The standard InChI is InChI=1S/C17H27NO3/c1-12(2)14-8-7-9-15(10-14)21-11-17(5,16(19)20-6)18-13(3)4/h7-10,12-13,18H,11H2,1-6H3. The number of rotatable bonds is 7. The summed E-state index contributed by atoms with van der Waals surface area (Å²) < 4.78 is 10.7. The number of benzene rings is 1. The summed E-state index contributed by atoms with van der Waals surface area (Å²) in [7, 11) is 1.39. The van der Waals surface area contributed by atoms with Crippen molar-refractivity contribution in [3.8, 4) is 5.75 Å². The Labute approximate surface area is 127 Å². The van der Waals surface area contributed by atoms with Crippen molar-refractivity contribution in [1.29, 1.82) is 0 Å². The highest BCUT2D eigenvalue weighted by Gasteiger charge is 2.35. The summed E-state index contributed by atoms with van der Waals surface area (Å²) in [5.41, 5.74) is 0.348. The maximum absolute atomic E-state index is 12.0. The molecule has 0 saturated carbocycles. The number of ether oxygens (including phenoxy) is 2. The van der Waals surface area contributed by atoms with Crippen molar-refractivity contribution < 1.29 is 14.3 Å². The van der Waals surface area contributed by atoms with Crippen LogP contribution in [-0.4, -0.2) is 31.3 Å². The molecule has 1 rings (SSSR count). The predicted molar refractivity (Wildman–Crippen MR) is 84.7 cm³/mol. The molecule has 0 aliphatic rings. The summed E-state index contributed by atoms with van der Waals surface area (Å²) in [5, 5.41) is 3.21. The number of methoxy groups -OCH3 is 1. The third kappa shape index (κ3) is 5.05. The van der Waals surface area contributed by atoms with E-state index < -0.39 is 5.54 Å². The number of esters is 1. The molecule has 0 aliphatic heterocycles. The largest absolute Gasteiger partial charge is 0.491 e. The molecule has 0 saturated heterocycles. The van der Waals surface area contributed by atoms with Gasteiger partial charge in [-0.25, -0.2) is 4.79 Å². The fourth-order valence-electron chi connectivity index (χ4n) is 2.21. The molecule has 0 fully saturated rings. The highest BCUT2D eigenvalue weighted by atomic mass is 16.5. The molecule has 1 unspecified atom stereocenters. The average Bonchev–Trinajstić information content (AvgIpc) is 2.43. The van der Waals surface area contributed by atoms with E-state index in [1.165, 1.54) is 12.7 Å². The molecule has 4 nitrogen and oxygen atoms in total. The highest BCUT2D eigenvalue weighted by Crippen LogP contribution is 2.21. The number of hydrogen-bond acceptors (Lipinski definition) is 4. The van der Waals surface area contributed by atoms with Gasteiger partial charge in [-0.05, 0) is 44.4 Å². The zero-order chi connectivity index (χ0) is 16.0.